The van der Waals surface area contributed by atoms with Crippen molar-refractivity contribution < 1.29 is 42.2 Å². The fraction of sp³-hybridized carbons (Fsp3) is 0.655. The number of carbonyl (C=O) groups is 4. The van der Waals surface area contributed by atoms with E-state index in [2.05, 4.69) is 10.6 Å². The van der Waals surface area contributed by atoms with Crippen molar-refractivity contribution in [2.24, 2.45) is 17.8 Å². The Morgan fingerprint density at radius 2 is 1.52 bits per heavy atom. The van der Waals surface area contributed by atoms with Crippen LogP contribution in [0.3, 0.4) is 0 Å². The van der Waals surface area contributed by atoms with Gasteiger partial charge in [0.05, 0.1) is 6.42 Å². The summed E-state index contributed by atoms with van der Waals surface area (Å²) < 4.78 is 46.3. The molecule has 0 saturated heterocycles. The van der Waals surface area contributed by atoms with E-state index in [4.69, 9.17) is 4.74 Å². The number of hydrogen-bond acceptors (Lipinski definition) is 5. The van der Waals surface area contributed by atoms with E-state index in [0.29, 0.717) is 12.0 Å². The standard InChI is InChI=1S/C29H39F3N2O6/c1-16-21(30)13-22(31)26(32)27(16)40-15-24(35)23(14-25(36)37)34-28(38)17(2)33-29(39)20-11-9-19(10-12-20)18-7-5-3-4-6-8-18/h13,17-20,23H,3-12,14-15H2,1-2H3,(H,33,39)(H,34,38)(H,36,37)/t17-,19?,20?,23-/m0/s1. The third kappa shape index (κ3) is 8.44. The van der Waals surface area contributed by atoms with Crippen LogP contribution < -0.4 is 15.4 Å². The van der Waals surface area contributed by atoms with Crippen molar-refractivity contribution >= 4 is 23.6 Å². The molecule has 8 nitrogen and oxygen atoms in total. The van der Waals surface area contributed by atoms with Gasteiger partial charge in [0, 0.05) is 17.5 Å². The SMILES string of the molecule is Cc1c(F)cc(F)c(F)c1OCC(=O)[C@H](CC(=O)O)NC(=O)[C@H](C)NC(=O)C1CCC(C2CCCCCC2)CC1. The van der Waals surface area contributed by atoms with Gasteiger partial charge in [-0.3, -0.25) is 19.2 Å². The molecule has 1 aromatic rings. The van der Waals surface area contributed by atoms with Gasteiger partial charge >= 0.3 is 5.97 Å². The Morgan fingerprint density at radius 3 is 2.12 bits per heavy atom. The number of ether oxygens (including phenoxy) is 1. The molecule has 2 aliphatic carbocycles. The molecule has 222 valence electrons. The van der Waals surface area contributed by atoms with Crippen molar-refractivity contribution in [3.63, 3.8) is 0 Å². The van der Waals surface area contributed by atoms with Crippen molar-refractivity contribution in [3.05, 3.63) is 29.1 Å². The van der Waals surface area contributed by atoms with E-state index in [1.54, 1.807) is 0 Å². The van der Waals surface area contributed by atoms with E-state index in [-0.39, 0.29) is 17.4 Å². The number of nitrogens with one attached hydrogen (secondary N) is 2. The Bertz CT molecular complexity index is 1060. The van der Waals surface area contributed by atoms with Crippen LogP contribution in [0.15, 0.2) is 6.07 Å². The molecule has 2 fully saturated rings. The smallest absolute Gasteiger partial charge is 0.305 e. The van der Waals surface area contributed by atoms with Gasteiger partial charge in [-0.15, -0.1) is 0 Å². The molecule has 0 spiro atoms. The largest absolute Gasteiger partial charge is 0.482 e. The molecular weight excluding hydrogens is 529 g/mol. The minimum atomic E-state index is -1.57. The average molecular weight is 569 g/mol. The Labute approximate surface area is 232 Å². The number of ketones is 1. The molecular formula is C29H39F3N2O6. The molecule has 0 heterocycles. The zero-order chi connectivity index (χ0) is 29.4. The predicted octanol–water partition coefficient (Wildman–Crippen LogP) is 4.60. The quantitative estimate of drug-likeness (QED) is 0.265. The first-order valence-electron chi connectivity index (χ1n) is 14.1. The van der Waals surface area contributed by atoms with Crippen molar-refractivity contribution in [3.8, 4) is 5.75 Å². The number of amides is 2. The summed E-state index contributed by atoms with van der Waals surface area (Å²) in [5.41, 5.74) is -0.370. The lowest BCUT2D eigenvalue weighted by Gasteiger charge is -2.33. The Kier molecular flexibility index (Phi) is 11.4. The highest BCUT2D eigenvalue weighted by atomic mass is 19.2. The first kappa shape index (κ1) is 31.4. The second-order valence-electron chi connectivity index (χ2n) is 11.1. The van der Waals surface area contributed by atoms with Gasteiger partial charge in [0.1, 0.15) is 24.5 Å². The second kappa shape index (κ2) is 14.5. The summed E-state index contributed by atoms with van der Waals surface area (Å²) in [4.78, 5) is 49.6. The van der Waals surface area contributed by atoms with Crippen LogP contribution in [0.2, 0.25) is 0 Å². The highest BCUT2D eigenvalue weighted by Crippen LogP contribution is 2.39. The monoisotopic (exact) mass is 568 g/mol. The molecule has 2 amide bonds. The molecule has 0 aliphatic heterocycles. The van der Waals surface area contributed by atoms with Crippen LogP contribution in [0.25, 0.3) is 0 Å². The van der Waals surface area contributed by atoms with E-state index in [0.717, 1.165) is 38.5 Å². The minimum absolute atomic E-state index is 0.216. The molecule has 2 aliphatic rings. The summed E-state index contributed by atoms with van der Waals surface area (Å²) in [6, 6.07) is -2.28. The van der Waals surface area contributed by atoms with Crippen LogP contribution in [0.5, 0.6) is 5.75 Å². The Hall–Kier alpha value is -3.11. The summed E-state index contributed by atoms with van der Waals surface area (Å²) >= 11 is 0. The van der Waals surface area contributed by atoms with Crippen LogP contribution in [-0.2, 0) is 19.2 Å². The third-order valence-electron chi connectivity index (χ3n) is 8.27. The van der Waals surface area contributed by atoms with E-state index in [9.17, 15) is 37.5 Å². The number of Topliss-reactive ketones (excluding diaryl/α,β-unsaturated/α-hetero) is 1. The number of benzene rings is 1. The number of hydrogen-bond donors (Lipinski definition) is 3. The van der Waals surface area contributed by atoms with Gasteiger partial charge in [0.15, 0.2) is 17.3 Å². The van der Waals surface area contributed by atoms with Crippen molar-refractivity contribution in [1.29, 1.82) is 0 Å². The lowest BCUT2D eigenvalue weighted by Crippen LogP contribution is -2.52. The zero-order valence-corrected chi connectivity index (χ0v) is 23.1. The first-order valence-corrected chi connectivity index (χ1v) is 14.1. The second-order valence-corrected chi connectivity index (χ2v) is 11.1. The van der Waals surface area contributed by atoms with Gasteiger partial charge in [-0.1, -0.05) is 38.5 Å². The number of carboxylic acids is 1. The van der Waals surface area contributed by atoms with Gasteiger partial charge in [-0.25, -0.2) is 8.78 Å². The molecule has 0 aromatic heterocycles. The Morgan fingerprint density at radius 1 is 0.925 bits per heavy atom. The lowest BCUT2D eigenvalue weighted by molar-refractivity contribution is -0.141. The van der Waals surface area contributed by atoms with Crippen LogP contribution in [0.4, 0.5) is 13.2 Å². The summed E-state index contributed by atoms with van der Waals surface area (Å²) in [5.74, 6) is -7.15. The highest BCUT2D eigenvalue weighted by molar-refractivity contribution is 5.95. The number of rotatable bonds is 11. The number of carbonyl (C=O) groups excluding carboxylic acids is 3. The first-order chi connectivity index (χ1) is 19.0. The van der Waals surface area contributed by atoms with Crippen molar-refractivity contribution in [2.75, 3.05) is 6.61 Å². The molecule has 40 heavy (non-hydrogen) atoms. The van der Waals surface area contributed by atoms with Gasteiger partial charge in [0.2, 0.25) is 17.6 Å². The van der Waals surface area contributed by atoms with E-state index in [1.807, 2.05) is 0 Å². The molecule has 0 radical (unpaired) electrons. The third-order valence-corrected chi connectivity index (χ3v) is 8.27. The predicted molar refractivity (Wildman–Crippen MR) is 140 cm³/mol. The normalized spacial score (nSPS) is 21.5. The minimum Gasteiger partial charge on any atom is -0.482 e. The number of halogens is 3. The molecule has 1 aromatic carbocycles. The fourth-order valence-electron chi connectivity index (χ4n) is 5.83. The van der Waals surface area contributed by atoms with Crippen molar-refractivity contribution in [1.82, 2.24) is 10.6 Å². The molecule has 0 bridgehead atoms. The summed E-state index contributed by atoms with van der Waals surface area (Å²) in [7, 11) is 0. The topological polar surface area (TPSA) is 122 Å². The van der Waals surface area contributed by atoms with E-state index < -0.39 is 66.0 Å². The zero-order valence-electron chi connectivity index (χ0n) is 23.1. The van der Waals surface area contributed by atoms with Crippen LogP contribution in [0, 0.1) is 42.1 Å². The van der Waals surface area contributed by atoms with E-state index >= 15 is 0 Å². The molecule has 0 unspecified atom stereocenters. The van der Waals surface area contributed by atoms with Gasteiger partial charge in [0.25, 0.3) is 0 Å². The lowest BCUT2D eigenvalue weighted by atomic mass is 9.73. The number of aliphatic carboxylic acids is 1. The van der Waals surface area contributed by atoms with Crippen LogP contribution >= 0.6 is 0 Å². The summed E-state index contributed by atoms with van der Waals surface area (Å²) in [6.07, 6.45) is 10.3. The number of carboxylic acid groups (broad SMARTS) is 1. The summed E-state index contributed by atoms with van der Waals surface area (Å²) in [5, 5.41) is 14.2. The maximum Gasteiger partial charge on any atom is 0.305 e. The molecule has 3 rings (SSSR count). The average Bonchev–Trinajstić information content (AvgIpc) is 3.21. The molecule has 2 atom stereocenters. The van der Waals surface area contributed by atoms with Crippen LogP contribution in [-0.4, -0.2) is 47.4 Å². The Balaban J connectivity index is 1.52. The van der Waals surface area contributed by atoms with Gasteiger partial charge < -0.3 is 20.5 Å². The molecule has 3 N–H and O–H groups in total. The maximum absolute atomic E-state index is 14.0. The fourth-order valence-corrected chi connectivity index (χ4v) is 5.83. The van der Waals surface area contributed by atoms with Crippen LogP contribution in [0.1, 0.15) is 83.1 Å². The molecule has 2 saturated carbocycles. The summed E-state index contributed by atoms with van der Waals surface area (Å²) in [6.45, 7) is 1.61. The maximum atomic E-state index is 14.0. The van der Waals surface area contributed by atoms with Crippen molar-refractivity contribution in [2.45, 2.75) is 96.6 Å². The van der Waals surface area contributed by atoms with Gasteiger partial charge in [-0.2, -0.15) is 4.39 Å². The van der Waals surface area contributed by atoms with E-state index in [1.165, 1.54) is 45.4 Å². The van der Waals surface area contributed by atoms with Gasteiger partial charge in [-0.05, 0) is 51.4 Å². The molecule has 11 heteroatoms. The highest BCUT2D eigenvalue weighted by Gasteiger charge is 2.33.